The molecule has 0 bridgehead atoms. The largest absolute Gasteiger partial charge is 0.331 e. The molecule has 0 amide bonds. The van der Waals surface area contributed by atoms with E-state index in [0.717, 1.165) is 16.4 Å². The monoisotopic (exact) mass is 403 g/mol. The normalized spacial score (nSPS) is 12.4. The standard InChI is InChI=1S/C20H20F2N4OS/c1-13(25(2)3)19-23-24-20(26(19)17-10-8-16(22)9-11-17)28-12-18(27)14-4-6-15(21)7-5-14/h4-11,13H,12H2,1-3H3/p+1/t13-/m1/s1. The quantitative estimate of drug-likeness (QED) is 0.487. The number of rotatable bonds is 7. The average Bonchev–Trinajstić information content (AvgIpc) is 3.10. The first-order chi connectivity index (χ1) is 13.4. The Morgan fingerprint density at radius 2 is 1.61 bits per heavy atom. The maximum atomic E-state index is 13.4. The Kier molecular flexibility index (Phi) is 6.21. The van der Waals surface area contributed by atoms with E-state index in [1.165, 1.54) is 48.2 Å². The topological polar surface area (TPSA) is 52.2 Å². The highest BCUT2D eigenvalue weighted by Crippen LogP contribution is 2.25. The number of quaternary nitrogens is 1. The van der Waals surface area contributed by atoms with Crippen LogP contribution in [-0.4, -0.2) is 40.4 Å². The van der Waals surface area contributed by atoms with Gasteiger partial charge in [-0.15, -0.1) is 10.2 Å². The molecule has 0 unspecified atom stereocenters. The molecule has 1 heterocycles. The molecule has 0 radical (unpaired) electrons. The van der Waals surface area contributed by atoms with E-state index < -0.39 is 0 Å². The summed E-state index contributed by atoms with van der Waals surface area (Å²) in [6.45, 7) is 2.03. The van der Waals surface area contributed by atoms with E-state index in [9.17, 15) is 13.6 Å². The van der Waals surface area contributed by atoms with Crippen molar-refractivity contribution < 1.29 is 18.5 Å². The molecule has 0 saturated heterocycles. The van der Waals surface area contributed by atoms with Gasteiger partial charge in [0.05, 0.1) is 19.8 Å². The Balaban J connectivity index is 1.89. The van der Waals surface area contributed by atoms with Crippen molar-refractivity contribution in [1.82, 2.24) is 14.8 Å². The number of aromatic nitrogens is 3. The van der Waals surface area contributed by atoms with Crippen molar-refractivity contribution in [2.75, 3.05) is 19.8 Å². The lowest BCUT2D eigenvalue weighted by atomic mass is 10.1. The minimum absolute atomic E-state index is 0.0414. The van der Waals surface area contributed by atoms with Gasteiger partial charge in [0, 0.05) is 11.3 Å². The fourth-order valence-electron chi connectivity index (χ4n) is 2.60. The van der Waals surface area contributed by atoms with Crippen molar-refractivity contribution in [3.8, 4) is 5.69 Å². The van der Waals surface area contributed by atoms with E-state index in [4.69, 9.17) is 0 Å². The molecule has 3 aromatic rings. The van der Waals surface area contributed by atoms with Gasteiger partial charge >= 0.3 is 0 Å². The van der Waals surface area contributed by atoms with Crippen molar-refractivity contribution in [2.24, 2.45) is 0 Å². The molecular weight excluding hydrogens is 382 g/mol. The number of halogens is 2. The lowest BCUT2D eigenvalue weighted by molar-refractivity contribution is -0.890. The van der Waals surface area contributed by atoms with Crippen LogP contribution in [0, 0.1) is 11.6 Å². The summed E-state index contributed by atoms with van der Waals surface area (Å²) in [4.78, 5) is 13.6. The van der Waals surface area contributed by atoms with Gasteiger partial charge in [-0.05, 0) is 55.5 Å². The van der Waals surface area contributed by atoms with Crippen molar-refractivity contribution in [3.63, 3.8) is 0 Å². The molecular formula is C20H21F2N4OS+. The van der Waals surface area contributed by atoms with Crippen LogP contribution in [0.5, 0.6) is 0 Å². The van der Waals surface area contributed by atoms with E-state index in [-0.39, 0.29) is 29.2 Å². The number of nitrogens with zero attached hydrogens (tertiary/aromatic N) is 3. The van der Waals surface area contributed by atoms with E-state index in [2.05, 4.69) is 10.2 Å². The lowest BCUT2D eigenvalue weighted by Crippen LogP contribution is -3.05. The summed E-state index contributed by atoms with van der Waals surface area (Å²) < 4.78 is 28.3. The molecule has 8 heteroatoms. The number of benzene rings is 2. The van der Waals surface area contributed by atoms with E-state index in [1.54, 1.807) is 12.1 Å². The highest BCUT2D eigenvalue weighted by molar-refractivity contribution is 7.99. The van der Waals surface area contributed by atoms with E-state index >= 15 is 0 Å². The Morgan fingerprint density at radius 3 is 2.18 bits per heavy atom. The van der Waals surface area contributed by atoms with Crippen molar-refractivity contribution in [3.05, 3.63) is 71.6 Å². The zero-order valence-electron chi connectivity index (χ0n) is 15.8. The number of carbonyl (C=O) groups excluding carboxylic acids is 1. The SMILES string of the molecule is C[C@H](c1nnc(SCC(=O)c2ccc(F)cc2)n1-c1ccc(F)cc1)[NH+](C)C. The predicted octanol–water partition coefficient (Wildman–Crippen LogP) is 2.73. The Bertz CT molecular complexity index is 955. The van der Waals surface area contributed by atoms with Crippen LogP contribution in [0.15, 0.2) is 53.7 Å². The number of ketones is 1. The van der Waals surface area contributed by atoms with Gasteiger partial charge in [-0.1, -0.05) is 11.8 Å². The molecule has 1 atom stereocenters. The molecule has 0 spiro atoms. The van der Waals surface area contributed by atoms with Crippen LogP contribution in [0.2, 0.25) is 0 Å². The number of nitrogens with one attached hydrogen (secondary N) is 1. The maximum Gasteiger partial charge on any atom is 0.196 e. The third-order valence-electron chi connectivity index (χ3n) is 4.50. The third kappa shape index (κ3) is 4.45. The molecule has 0 saturated carbocycles. The maximum absolute atomic E-state index is 13.4. The summed E-state index contributed by atoms with van der Waals surface area (Å²) in [5.41, 5.74) is 1.17. The van der Waals surface area contributed by atoms with E-state index in [1.807, 2.05) is 25.6 Å². The minimum atomic E-state index is -0.384. The second kappa shape index (κ2) is 8.62. The van der Waals surface area contributed by atoms with Crippen LogP contribution in [-0.2, 0) is 0 Å². The molecule has 2 aromatic carbocycles. The molecule has 0 aliphatic heterocycles. The summed E-state index contributed by atoms with van der Waals surface area (Å²) in [6, 6.07) is 11.6. The van der Waals surface area contributed by atoms with Gasteiger partial charge in [-0.2, -0.15) is 0 Å². The van der Waals surface area contributed by atoms with Gasteiger partial charge in [-0.3, -0.25) is 9.36 Å². The first-order valence-corrected chi connectivity index (χ1v) is 9.78. The summed E-state index contributed by atoms with van der Waals surface area (Å²) >= 11 is 1.25. The predicted molar refractivity (Wildman–Crippen MR) is 104 cm³/mol. The molecule has 1 N–H and O–H groups in total. The zero-order chi connectivity index (χ0) is 20.3. The number of hydrogen-bond donors (Lipinski definition) is 1. The van der Waals surface area contributed by atoms with Gasteiger partial charge in [0.25, 0.3) is 0 Å². The highest BCUT2D eigenvalue weighted by Gasteiger charge is 2.24. The smallest absolute Gasteiger partial charge is 0.196 e. The first kappa shape index (κ1) is 20.2. The van der Waals surface area contributed by atoms with E-state index in [0.29, 0.717) is 10.7 Å². The van der Waals surface area contributed by atoms with Gasteiger partial charge in [0.15, 0.2) is 16.8 Å². The summed E-state index contributed by atoms with van der Waals surface area (Å²) in [5.74, 6) is 0.0130. The molecule has 0 fully saturated rings. The fraction of sp³-hybridized carbons (Fsp3) is 0.250. The molecule has 3 rings (SSSR count). The fourth-order valence-corrected chi connectivity index (χ4v) is 3.45. The Morgan fingerprint density at radius 1 is 1.04 bits per heavy atom. The number of hydrogen-bond acceptors (Lipinski definition) is 4. The van der Waals surface area contributed by atoms with Crippen LogP contribution in [0.3, 0.4) is 0 Å². The van der Waals surface area contributed by atoms with Crippen molar-refractivity contribution in [1.29, 1.82) is 0 Å². The molecule has 0 aliphatic carbocycles. The molecule has 146 valence electrons. The first-order valence-electron chi connectivity index (χ1n) is 8.79. The third-order valence-corrected chi connectivity index (χ3v) is 5.42. The van der Waals surface area contributed by atoms with Crippen LogP contribution >= 0.6 is 11.8 Å². The van der Waals surface area contributed by atoms with Gasteiger partial charge in [0.2, 0.25) is 0 Å². The van der Waals surface area contributed by atoms with Crippen molar-refractivity contribution in [2.45, 2.75) is 18.1 Å². The van der Waals surface area contributed by atoms with Crippen LogP contribution in [0.25, 0.3) is 5.69 Å². The second-order valence-electron chi connectivity index (χ2n) is 6.67. The lowest BCUT2D eigenvalue weighted by Gasteiger charge is -2.18. The van der Waals surface area contributed by atoms with Crippen LogP contribution in [0.4, 0.5) is 8.78 Å². The zero-order valence-corrected chi connectivity index (χ0v) is 16.6. The van der Waals surface area contributed by atoms with Gasteiger partial charge < -0.3 is 4.90 Å². The van der Waals surface area contributed by atoms with Gasteiger partial charge in [0.1, 0.15) is 17.7 Å². The summed E-state index contributed by atoms with van der Waals surface area (Å²) in [5, 5.41) is 9.12. The second-order valence-corrected chi connectivity index (χ2v) is 7.61. The van der Waals surface area contributed by atoms with Gasteiger partial charge in [-0.25, -0.2) is 8.78 Å². The molecule has 0 aliphatic rings. The van der Waals surface area contributed by atoms with Crippen LogP contribution in [0.1, 0.15) is 29.1 Å². The summed E-state index contributed by atoms with van der Waals surface area (Å²) in [6.07, 6.45) is 0. The molecule has 28 heavy (non-hydrogen) atoms. The minimum Gasteiger partial charge on any atom is -0.331 e. The number of carbonyl (C=O) groups is 1. The Hall–Kier alpha value is -2.58. The van der Waals surface area contributed by atoms with Crippen molar-refractivity contribution >= 4 is 17.5 Å². The van der Waals surface area contributed by atoms with Crippen LogP contribution < -0.4 is 4.90 Å². The average molecular weight is 403 g/mol. The molecule has 1 aromatic heterocycles. The highest BCUT2D eigenvalue weighted by atomic mass is 32.2. The number of thioether (sulfide) groups is 1. The summed E-state index contributed by atoms with van der Waals surface area (Å²) in [7, 11) is 4.03. The Labute approximate surface area is 166 Å². The number of Topliss-reactive ketones (excluding diaryl/α,β-unsaturated/α-hetero) is 1. The molecule has 5 nitrogen and oxygen atoms in total.